The lowest BCUT2D eigenvalue weighted by atomic mass is 10.1. The normalized spacial score (nSPS) is 28.8. The fourth-order valence-electron chi connectivity index (χ4n) is 2.77. The van der Waals surface area contributed by atoms with Crippen molar-refractivity contribution < 1.29 is 4.74 Å². The van der Waals surface area contributed by atoms with Crippen molar-refractivity contribution in [1.29, 1.82) is 0 Å². The Kier molecular flexibility index (Phi) is 3.85. The molecule has 0 saturated carbocycles. The second-order valence-corrected chi connectivity index (χ2v) is 4.58. The molecule has 1 aromatic carbocycles. The van der Waals surface area contributed by atoms with Crippen LogP contribution in [-0.4, -0.2) is 30.2 Å². The molecule has 0 aromatic heterocycles. The monoisotopic (exact) mass is 239 g/mol. The molecule has 2 heterocycles. The maximum atomic E-state index is 5.58. The predicted molar refractivity (Wildman–Crippen MR) is 66.9 cm³/mol. The van der Waals surface area contributed by atoms with Gasteiger partial charge in [-0.25, -0.2) is 0 Å². The first-order valence-electron chi connectivity index (χ1n) is 5.81. The molecule has 3 rings (SSSR count). The van der Waals surface area contributed by atoms with Crippen LogP contribution in [0.4, 0.5) is 0 Å². The van der Waals surface area contributed by atoms with Gasteiger partial charge in [0.15, 0.2) is 0 Å². The van der Waals surface area contributed by atoms with Crippen molar-refractivity contribution in [2.75, 3.05) is 13.2 Å². The van der Waals surface area contributed by atoms with Crippen LogP contribution in [0.3, 0.4) is 0 Å². The molecule has 3 heteroatoms. The highest BCUT2D eigenvalue weighted by Gasteiger charge is 2.36. The van der Waals surface area contributed by atoms with Gasteiger partial charge in [-0.2, -0.15) is 0 Å². The van der Waals surface area contributed by atoms with Crippen molar-refractivity contribution in [2.24, 2.45) is 0 Å². The van der Waals surface area contributed by atoms with Crippen molar-refractivity contribution >= 4 is 12.4 Å². The Morgan fingerprint density at radius 2 is 1.69 bits per heavy atom. The fourth-order valence-corrected chi connectivity index (χ4v) is 2.77. The zero-order valence-electron chi connectivity index (χ0n) is 9.34. The van der Waals surface area contributed by atoms with Gasteiger partial charge >= 0.3 is 0 Å². The second-order valence-electron chi connectivity index (χ2n) is 4.58. The van der Waals surface area contributed by atoms with Crippen molar-refractivity contribution in [3.05, 3.63) is 35.9 Å². The topological polar surface area (TPSA) is 12.5 Å². The lowest BCUT2D eigenvalue weighted by molar-refractivity contribution is -0.0186. The summed E-state index contributed by atoms with van der Waals surface area (Å²) >= 11 is 0. The van der Waals surface area contributed by atoms with E-state index in [-0.39, 0.29) is 12.4 Å². The lowest BCUT2D eigenvalue weighted by Crippen LogP contribution is -2.45. The minimum atomic E-state index is 0. The molecule has 0 amide bonds. The molecule has 88 valence electrons. The summed E-state index contributed by atoms with van der Waals surface area (Å²) in [7, 11) is 0. The van der Waals surface area contributed by atoms with Gasteiger partial charge in [-0.1, -0.05) is 30.3 Å². The Bertz CT molecular complexity index is 314. The maximum Gasteiger partial charge on any atom is 0.0622 e. The van der Waals surface area contributed by atoms with Crippen LogP contribution in [0.15, 0.2) is 30.3 Å². The summed E-state index contributed by atoms with van der Waals surface area (Å²) in [6.07, 6.45) is 2.63. The van der Waals surface area contributed by atoms with Crippen molar-refractivity contribution in [3.63, 3.8) is 0 Å². The van der Waals surface area contributed by atoms with E-state index in [0.717, 1.165) is 19.8 Å². The fraction of sp³-hybridized carbons (Fsp3) is 0.538. The predicted octanol–water partition coefficient (Wildman–Crippen LogP) is 2.47. The minimum Gasteiger partial charge on any atom is -0.378 e. The van der Waals surface area contributed by atoms with Gasteiger partial charge in [0.2, 0.25) is 0 Å². The number of rotatable bonds is 2. The Morgan fingerprint density at radius 1 is 1.06 bits per heavy atom. The molecule has 0 N–H and O–H groups in total. The number of ether oxygens (including phenoxy) is 1. The first kappa shape index (κ1) is 11.9. The Balaban J connectivity index is 0.000000963. The van der Waals surface area contributed by atoms with Gasteiger partial charge < -0.3 is 4.74 Å². The van der Waals surface area contributed by atoms with Gasteiger partial charge in [-0.3, -0.25) is 4.90 Å². The molecule has 2 bridgehead atoms. The Labute approximate surface area is 103 Å². The third-order valence-corrected chi connectivity index (χ3v) is 3.60. The number of hydrogen-bond acceptors (Lipinski definition) is 2. The molecule has 2 fully saturated rings. The maximum absolute atomic E-state index is 5.58. The molecule has 0 aliphatic carbocycles. The van der Waals surface area contributed by atoms with Crippen LogP contribution in [0.2, 0.25) is 0 Å². The van der Waals surface area contributed by atoms with E-state index in [4.69, 9.17) is 4.74 Å². The van der Waals surface area contributed by atoms with E-state index in [2.05, 4.69) is 35.2 Å². The van der Waals surface area contributed by atoms with Crippen LogP contribution < -0.4 is 0 Å². The van der Waals surface area contributed by atoms with Crippen LogP contribution >= 0.6 is 12.4 Å². The molecule has 2 atom stereocenters. The molecule has 2 saturated heterocycles. The Hall–Kier alpha value is -0.570. The number of nitrogens with zero attached hydrogens (tertiary/aromatic N) is 1. The van der Waals surface area contributed by atoms with E-state index in [9.17, 15) is 0 Å². The molecule has 0 spiro atoms. The van der Waals surface area contributed by atoms with Crippen LogP contribution in [0.1, 0.15) is 18.4 Å². The van der Waals surface area contributed by atoms with Crippen LogP contribution in [0.25, 0.3) is 0 Å². The number of fused-ring (bicyclic) bond motifs is 2. The minimum absolute atomic E-state index is 0. The van der Waals surface area contributed by atoms with E-state index < -0.39 is 0 Å². The van der Waals surface area contributed by atoms with Crippen LogP contribution in [0, 0.1) is 0 Å². The summed E-state index contributed by atoms with van der Waals surface area (Å²) < 4.78 is 5.58. The Morgan fingerprint density at radius 3 is 2.31 bits per heavy atom. The quantitative estimate of drug-likeness (QED) is 0.786. The number of morpholine rings is 1. The summed E-state index contributed by atoms with van der Waals surface area (Å²) in [5, 5.41) is 0. The molecule has 2 unspecified atom stereocenters. The highest BCUT2D eigenvalue weighted by molar-refractivity contribution is 5.85. The van der Waals surface area contributed by atoms with E-state index in [1.165, 1.54) is 18.4 Å². The highest BCUT2D eigenvalue weighted by atomic mass is 35.5. The largest absolute Gasteiger partial charge is 0.378 e. The van der Waals surface area contributed by atoms with Crippen LogP contribution in [0.5, 0.6) is 0 Å². The first-order valence-corrected chi connectivity index (χ1v) is 5.81. The number of halogens is 1. The zero-order valence-corrected chi connectivity index (χ0v) is 10.2. The van der Waals surface area contributed by atoms with Gasteiger partial charge in [0.05, 0.1) is 13.2 Å². The third kappa shape index (κ3) is 2.24. The lowest BCUT2D eigenvalue weighted by Gasteiger charge is -2.34. The number of benzene rings is 1. The summed E-state index contributed by atoms with van der Waals surface area (Å²) in [4.78, 5) is 2.62. The van der Waals surface area contributed by atoms with Gasteiger partial charge in [0, 0.05) is 18.6 Å². The molecular weight excluding hydrogens is 222 g/mol. The molecular formula is C13H18ClNO. The van der Waals surface area contributed by atoms with Gasteiger partial charge in [0.1, 0.15) is 0 Å². The van der Waals surface area contributed by atoms with E-state index in [0.29, 0.717) is 12.1 Å². The SMILES string of the molecule is Cl.c1ccc(CN2C3CCC2COC3)cc1. The van der Waals surface area contributed by atoms with E-state index >= 15 is 0 Å². The van der Waals surface area contributed by atoms with Gasteiger partial charge in [0.25, 0.3) is 0 Å². The van der Waals surface area contributed by atoms with Crippen molar-refractivity contribution in [1.82, 2.24) is 4.90 Å². The van der Waals surface area contributed by atoms with E-state index in [1.54, 1.807) is 0 Å². The summed E-state index contributed by atoms with van der Waals surface area (Å²) in [6.45, 7) is 2.96. The molecule has 0 radical (unpaired) electrons. The first-order chi connectivity index (χ1) is 7.43. The van der Waals surface area contributed by atoms with E-state index in [1.807, 2.05) is 0 Å². The van der Waals surface area contributed by atoms with Gasteiger partial charge in [-0.05, 0) is 18.4 Å². The average molecular weight is 240 g/mol. The second kappa shape index (κ2) is 5.17. The van der Waals surface area contributed by atoms with Crippen molar-refractivity contribution in [3.8, 4) is 0 Å². The zero-order chi connectivity index (χ0) is 10.1. The molecule has 1 aromatic rings. The standard InChI is InChI=1S/C13H17NO.ClH/c1-2-4-11(5-3-1)8-14-12-6-7-13(14)10-15-9-12;/h1-5,12-13H,6-10H2;1H. The molecule has 2 nitrogen and oxygen atoms in total. The molecule has 16 heavy (non-hydrogen) atoms. The van der Waals surface area contributed by atoms with Crippen LogP contribution in [-0.2, 0) is 11.3 Å². The average Bonchev–Trinajstić information content (AvgIpc) is 2.53. The van der Waals surface area contributed by atoms with Gasteiger partial charge in [-0.15, -0.1) is 12.4 Å². The summed E-state index contributed by atoms with van der Waals surface area (Å²) in [6, 6.07) is 12.1. The van der Waals surface area contributed by atoms with Crippen molar-refractivity contribution in [2.45, 2.75) is 31.5 Å². The smallest absolute Gasteiger partial charge is 0.0622 e. The highest BCUT2D eigenvalue weighted by Crippen LogP contribution is 2.30. The summed E-state index contributed by atoms with van der Waals surface area (Å²) in [5.74, 6) is 0. The molecule has 2 aliphatic rings. The number of hydrogen-bond donors (Lipinski definition) is 0. The third-order valence-electron chi connectivity index (χ3n) is 3.60. The summed E-state index contributed by atoms with van der Waals surface area (Å²) in [5.41, 5.74) is 1.43. The molecule has 2 aliphatic heterocycles.